The van der Waals surface area contributed by atoms with Crippen molar-refractivity contribution >= 4 is 21.9 Å². The first-order chi connectivity index (χ1) is 21.9. The number of ether oxygens (including phenoxy) is 4. The van der Waals surface area contributed by atoms with E-state index in [4.69, 9.17) is 18.9 Å². The molecule has 0 saturated heterocycles. The summed E-state index contributed by atoms with van der Waals surface area (Å²) in [5.41, 5.74) is 4.56. The summed E-state index contributed by atoms with van der Waals surface area (Å²) in [5, 5.41) is 41.0. The van der Waals surface area contributed by atoms with Gasteiger partial charge >= 0.3 is 5.97 Å². The van der Waals surface area contributed by atoms with E-state index in [1.54, 1.807) is 30.3 Å². The summed E-state index contributed by atoms with van der Waals surface area (Å²) < 4.78 is 24.3. The summed E-state index contributed by atoms with van der Waals surface area (Å²) in [5.74, 6) is 0.959. The van der Waals surface area contributed by atoms with Gasteiger partial charge in [0.2, 0.25) is 0 Å². The molecule has 4 aromatic carbocycles. The Balaban J connectivity index is 1.40. The third-order valence-electron chi connectivity index (χ3n) is 7.08. The third kappa shape index (κ3) is 7.54. The quantitative estimate of drug-likeness (QED) is 0.180. The second kappa shape index (κ2) is 14.6. The zero-order valence-corrected chi connectivity index (χ0v) is 25.5. The number of halogens is 1. The number of aliphatic carboxylic acids is 1. The van der Waals surface area contributed by atoms with Gasteiger partial charge in [-0.1, -0.05) is 36.4 Å². The van der Waals surface area contributed by atoms with Gasteiger partial charge in [0.15, 0.2) is 11.5 Å². The van der Waals surface area contributed by atoms with Crippen molar-refractivity contribution in [2.75, 3.05) is 19.8 Å². The molecule has 4 aromatic rings. The largest absolute Gasteiger partial charge is 0.488 e. The van der Waals surface area contributed by atoms with E-state index >= 15 is 0 Å². The first-order valence-electron chi connectivity index (χ1n) is 14.0. The molecule has 0 aromatic heterocycles. The SMILES string of the molecule is N#Cc1cccc(COc2cc(OCc3cccc(-c4ccc5c(c4)OCCO5)c3C#N)c(Br)cc2CNC(CO)C(=O)O)c1. The molecule has 1 heterocycles. The molecule has 1 aliphatic heterocycles. The fraction of sp³-hybridized carbons (Fsp3) is 0.206. The Morgan fingerprint density at radius 2 is 1.69 bits per heavy atom. The molecule has 0 bridgehead atoms. The number of fused-ring (bicyclic) bond motifs is 1. The maximum atomic E-state index is 11.4. The van der Waals surface area contributed by atoms with Crippen LogP contribution in [-0.2, 0) is 24.6 Å². The summed E-state index contributed by atoms with van der Waals surface area (Å²) >= 11 is 3.54. The number of nitrogens with zero attached hydrogens (tertiary/aromatic N) is 2. The average molecular weight is 671 g/mol. The highest BCUT2D eigenvalue weighted by atomic mass is 79.9. The standard InChI is InChI=1S/C34H28BrN3O7/c35-28-12-25(17-38-29(18-39)34(40)41)31(44-19-22-4-1-3-21(11-22)15-36)14-32(28)45-20-24-5-2-6-26(27(24)16-37)23-7-8-30-33(13-23)43-10-9-42-30/h1-8,11-14,29,38-39H,9-10,17-20H2,(H,40,41). The topological polar surface area (TPSA) is 154 Å². The van der Waals surface area contributed by atoms with Crippen molar-refractivity contribution in [3.63, 3.8) is 0 Å². The number of carbonyl (C=O) groups is 1. The Morgan fingerprint density at radius 1 is 0.911 bits per heavy atom. The van der Waals surface area contributed by atoms with Gasteiger partial charge in [-0.15, -0.1) is 0 Å². The minimum atomic E-state index is -1.18. The normalized spacial score (nSPS) is 12.4. The van der Waals surface area contributed by atoms with Crippen molar-refractivity contribution < 1.29 is 34.0 Å². The number of benzene rings is 4. The molecular formula is C34H28BrN3O7. The second-order valence-corrected chi connectivity index (χ2v) is 10.9. The van der Waals surface area contributed by atoms with Crippen molar-refractivity contribution in [1.82, 2.24) is 5.32 Å². The summed E-state index contributed by atoms with van der Waals surface area (Å²) in [6.45, 7) is 0.664. The lowest BCUT2D eigenvalue weighted by Gasteiger charge is -2.19. The Morgan fingerprint density at radius 3 is 2.44 bits per heavy atom. The Bertz CT molecular complexity index is 1800. The number of rotatable bonds is 12. The smallest absolute Gasteiger partial charge is 0.323 e. The van der Waals surface area contributed by atoms with Crippen LogP contribution in [0.3, 0.4) is 0 Å². The molecule has 1 aliphatic rings. The zero-order chi connectivity index (χ0) is 31.8. The lowest BCUT2D eigenvalue weighted by Crippen LogP contribution is -2.39. The summed E-state index contributed by atoms with van der Waals surface area (Å²) in [7, 11) is 0. The van der Waals surface area contributed by atoms with E-state index in [-0.39, 0.29) is 19.8 Å². The fourth-order valence-corrected chi connectivity index (χ4v) is 5.28. The molecule has 0 radical (unpaired) electrons. The van der Waals surface area contributed by atoms with Crippen molar-refractivity contribution in [3.05, 3.63) is 105 Å². The van der Waals surface area contributed by atoms with Gasteiger partial charge in [-0.05, 0) is 63.0 Å². The van der Waals surface area contributed by atoms with Crippen LogP contribution in [0.15, 0.2) is 77.3 Å². The van der Waals surface area contributed by atoms with Crippen molar-refractivity contribution in [2.24, 2.45) is 0 Å². The van der Waals surface area contributed by atoms with Crippen LogP contribution in [0.2, 0.25) is 0 Å². The molecule has 0 amide bonds. The molecule has 1 unspecified atom stereocenters. The van der Waals surface area contributed by atoms with E-state index in [0.717, 1.165) is 16.7 Å². The number of carboxylic acids is 1. The van der Waals surface area contributed by atoms with E-state index in [1.807, 2.05) is 42.5 Å². The van der Waals surface area contributed by atoms with Gasteiger partial charge in [0.1, 0.15) is 50.0 Å². The molecule has 10 nitrogen and oxygen atoms in total. The van der Waals surface area contributed by atoms with E-state index in [0.29, 0.717) is 62.9 Å². The number of nitrogens with one attached hydrogen (secondary N) is 1. The lowest BCUT2D eigenvalue weighted by atomic mass is 9.96. The minimum Gasteiger partial charge on any atom is -0.488 e. The number of aliphatic hydroxyl groups is 1. The van der Waals surface area contributed by atoms with Crippen LogP contribution in [0.25, 0.3) is 11.1 Å². The van der Waals surface area contributed by atoms with E-state index < -0.39 is 18.6 Å². The van der Waals surface area contributed by atoms with Gasteiger partial charge in [0, 0.05) is 23.7 Å². The van der Waals surface area contributed by atoms with E-state index in [1.165, 1.54) is 0 Å². The Hall–Kier alpha value is -5.07. The predicted molar refractivity (Wildman–Crippen MR) is 167 cm³/mol. The first-order valence-corrected chi connectivity index (χ1v) is 14.8. The number of hydrogen-bond donors (Lipinski definition) is 3. The van der Waals surface area contributed by atoms with Gasteiger partial charge in [-0.2, -0.15) is 10.5 Å². The molecule has 228 valence electrons. The Labute approximate surface area is 268 Å². The van der Waals surface area contributed by atoms with Gasteiger partial charge < -0.3 is 29.2 Å². The number of nitriles is 2. The molecule has 5 rings (SSSR count). The van der Waals surface area contributed by atoms with Crippen LogP contribution in [0.5, 0.6) is 23.0 Å². The van der Waals surface area contributed by atoms with Crippen LogP contribution < -0.4 is 24.3 Å². The number of carboxylic acid groups (broad SMARTS) is 1. The maximum absolute atomic E-state index is 11.4. The van der Waals surface area contributed by atoms with Crippen LogP contribution in [0.1, 0.15) is 27.8 Å². The highest BCUT2D eigenvalue weighted by Gasteiger charge is 2.19. The van der Waals surface area contributed by atoms with E-state index in [9.17, 15) is 25.5 Å². The average Bonchev–Trinajstić information content (AvgIpc) is 3.07. The van der Waals surface area contributed by atoms with Crippen molar-refractivity contribution in [1.29, 1.82) is 10.5 Å². The zero-order valence-electron chi connectivity index (χ0n) is 24.0. The second-order valence-electron chi connectivity index (χ2n) is 10.0. The highest BCUT2D eigenvalue weighted by molar-refractivity contribution is 9.10. The molecule has 0 saturated carbocycles. The lowest BCUT2D eigenvalue weighted by molar-refractivity contribution is -0.140. The summed E-state index contributed by atoms with van der Waals surface area (Å²) in [6, 6.07) is 24.8. The van der Waals surface area contributed by atoms with E-state index in [2.05, 4.69) is 33.4 Å². The highest BCUT2D eigenvalue weighted by Crippen LogP contribution is 2.37. The minimum absolute atomic E-state index is 0.0761. The molecule has 11 heteroatoms. The summed E-state index contributed by atoms with van der Waals surface area (Å²) in [4.78, 5) is 11.4. The molecule has 0 spiro atoms. The van der Waals surface area contributed by atoms with Crippen LogP contribution >= 0.6 is 15.9 Å². The molecule has 0 aliphatic carbocycles. The van der Waals surface area contributed by atoms with Crippen LogP contribution in [-0.4, -0.2) is 42.0 Å². The monoisotopic (exact) mass is 669 g/mol. The van der Waals surface area contributed by atoms with Gasteiger partial charge in [0.05, 0.1) is 28.3 Å². The third-order valence-corrected chi connectivity index (χ3v) is 7.70. The van der Waals surface area contributed by atoms with Crippen molar-refractivity contribution in [2.45, 2.75) is 25.8 Å². The predicted octanol–water partition coefficient (Wildman–Crippen LogP) is 5.32. The first kappa shape index (κ1) is 31.4. The molecule has 0 fully saturated rings. The van der Waals surface area contributed by atoms with Crippen LogP contribution in [0.4, 0.5) is 0 Å². The fourth-order valence-electron chi connectivity index (χ4n) is 4.77. The van der Waals surface area contributed by atoms with Crippen molar-refractivity contribution in [3.8, 4) is 46.3 Å². The Kier molecular flexibility index (Phi) is 10.2. The number of aliphatic hydroxyl groups excluding tert-OH is 1. The molecule has 45 heavy (non-hydrogen) atoms. The summed E-state index contributed by atoms with van der Waals surface area (Å²) in [6.07, 6.45) is 0. The number of hydrogen-bond acceptors (Lipinski definition) is 9. The van der Waals surface area contributed by atoms with Gasteiger partial charge in [-0.25, -0.2) is 0 Å². The molecular weight excluding hydrogens is 642 g/mol. The van der Waals surface area contributed by atoms with Crippen LogP contribution in [0, 0.1) is 22.7 Å². The van der Waals surface area contributed by atoms with Gasteiger partial charge in [-0.3, -0.25) is 10.1 Å². The molecule has 1 atom stereocenters. The molecule has 3 N–H and O–H groups in total. The maximum Gasteiger partial charge on any atom is 0.323 e. The van der Waals surface area contributed by atoms with Gasteiger partial charge in [0.25, 0.3) is 0 Å².